The Bertz CT molecular complexity index is 319. The van der Waals surface area contributed by atoms with Gasteiger partial charge in [0, 0.05) is 31.9 Å². The molecule has 0 bridgehead atoms. The molecule has 0 spiro atoms. The summed E-state index contributed by atoms with van der Waals surface area (Å²) >= 11 is 0. The van der Waals surface area contributed by atoms with Crippen molar-refractivity contribution in [1.29, 1.82) is 0 Å². The summed E-state index contributed by atoms with van der Waals surface area (Å²) in [4.78, 5) is 2.35. The molecule has 0 aliphatic carbocycles. The van der Waals surface area contributed by atoms with Gasteiger partial charge in [-0.15, -0.1) is 0 Å². The quantitative estimate of drug-likeness (QED) is 0.762. The van der Waals surface area contributed by atoms with Crippen molar-refractivity contribution in [3.63, 3.8) is 0 Å². The van der Waals surface area contributed by atoms with E-state index in [0.717, 1.165) is 31.7 Å². The van der Waals surface area contributed by atoms with Crippen molar-refractivity contribution in [2.24, 2.45) is 0 Å². The molecule has 2 rings (SSSR count). The number of benzene rings is 1. The van der Waals surface area contributed by atoms with E-state index >= 15 is 0 Å². The first-order valence-corrected chi connectivity index (χ1v) is 5.51. The summed E-state index contributed by atoms with van der Waals surface area (Å²) in [5.74, 6) is 0. The topological polar surface area (TPSA) is 35.5 Å². The van der Waals surface area contributed by atoms with Crippen molar-refractivity contribution in [3.05, 3.63) is 29.8 Å². The van der Waals surface area contributed by atoms with Gasteiger partial charge in [0.25, 0.3) is 0 Å². The Morgan fingerprint density at radius 1 is 1.33 bits per heavy atom. The SMILES string of the molecule is CC(O)c1cccc(N2CCNCC2)c1. The van der Waals surface area contributed by atoms with Crippen molar-refractivity contribution in [1.82, 2.24) is 5.32 Å². The van der Waals surface area contributed by atoms with Crippen LogP contribution in [0.25, 0.3) is 0 Å². The smallest absolute Gasteiger partial charge is 0.0762 e. The zero-order valence-corrected chi connectivity index (χ0v) is 9.11. The summed E-state index contributed by atoms with van der Waals surface area (Å²) in [7, 11) is 0. The summed E-state index contributed by atoms with van der Waals surface area (Å²) < 4.78 is 0. The molecule has 82 valence electrons. The predicted molar refractivity (Wildman–Crippen MR) is 62.2 cm³/mol. The van der Waals surface area contributed by atoms with Crippen LogP contribution in [0.2, 0.25) is 0 Å². The number of anilines is 1. The van der Waals surface area contributed by atoms with E-state index in [1.165, 1.54) is 5.69 Å². The maximum absolute atomic E-state index is 9.52. The largest absolute Gasteiger partial charge is 0.389 e. The van der Waals surface area contributed by atoms with Gasteiger partial charge in [-0.05, 0) is 24.6 Å². The summed E-state index contributed by atoms with van der Waals surface area (Å²) in [5, 5.41) is 12.8. The maximum atomic E-state index is 9.52. The molecule has 15 heavy (non-hydrogen) atoms. The zero-order valence-electron chi connectivity index (χ0n) is 9.11. The standard InChI is InChI=1S/C12H18N2O/c1-10(15)11-3-2-4-12(9-11)14-7-5-13-6-8-14/h2-4,9-10,13,15H,5-8H2,1H3. The van der Waals surface area contributed by atoms with Crippen LogP contribution in [0, 0.1) is 0 Å². The Kier molecular flexibility index (Phi) is 3.23. The lowest BCUT2D eigenvalue weighted by atomic mass is 10.1. The van der Waals surface area contributed by atoms with E-state index in [2.05, 4.69) is 22.3 Å². The molecule has 1 atom stereocenters. The van der Waals surface area contributed by atoms with Gasteiger partial charge in [-0.2, -0.15) is 0 Å². The van der Waals surface area contributed by atoms with E-state index in [-0.39, 0.29) is 6.10 Å². The number of nitrogens with zero attached hydrogens (tertiary/aromatic N) is 1. The molecule has 3 nitrogen and oxygen atoms in total. The highest BCUT2D eigenvalue weighted by Gasteiger charge is 2.11. The minimum Gasteiger partial charge on any atom is -0.389 e. The third kappa shape index (κ3) is 2.49. The molecule has 3 heteroatoms. The number of hydrogen-bond donors (Lipinski definition) is 2. The number of piperazine rings is 1. The molecule has 1 aromatic rings. The molecule has 1 aliphatic rings. The third-order valence-electron chi connectivity index (χ3n) is 2.83. The second-order valence-corrected chi connectivity index (χ2v) is 4.01. The second-order valence-electron chi connectivity index (χ2n) is 4.01. The molecule has 0 radical (unpaired) electrons. The van der Waals surface area contributed by atoms with Gasteiger partial charge in [-0.25, -0.2) is 0 Å². The van der Waals surface area contributed by atoms with E-state index in [1.807, 2.05) is 12.1 Å². The van der Waals surface area contributed by atoms with Crippen LogP contribution in [-0.2, 0) is 0 Å². The Morgan fingerprint density at radius 2 is 2.07 bits per heavy atom. The molecule has 1 heterocycles. The zero-order chi connectivity index (χ0) is 10.7. The first-order valence-electron chi connectivity index (χ1n) is 5.51. The molecule has 0 amide bonds. The number of hydrogen-bond acceptors (Lipinski definition) is 3. The Morgan fingerprint density at radius 3 is 2.73 bits per heavy atom. The highest BCUT2D eigenvalue weighted by molar-refractivity contribution is 5.49. The maximum Gasteiger partial charge on any atom is 0.0762 e. The van der Waals surface area contributed by atoms with E-state index in [9.17, 15) is 5.11 Å². The van der Waals surface area contributed by atoms with Crippen molar-refractivity contribution >= 4 is 5.69 Å². The molecule has 1 aromatic carbocycles. The van der Waals surface area contributed by atoms with Crippen molar-refractivity contribution in [2.75, 3.05) is 31.1 Å². The molecule has 0 saturated carbocycles. The predicted octanol–water partition coefficient (Wildman–Crippen LogP) is 1.15. The van der Waals surface area contributed by atoms with Crippen molar-refractivity contribution in [3.8, 4) is 0 Å². The first-order chi connectivity index (χ1) is 7.27. The van der Waals surface area contributed by atoms with Crippen LogP contribution in [0.15, 0.2) is 24.3 Å². The van der Waals surface area contributed by atoms with Gasteiger partial charge < -0.3 is 15.3 Å². The van der Waals surface area contributed by atoms with E-state index in [4.69, 9.17) is 0 Å². The van der Waals surface area contributed by atoms with Crippen LogP contribution in [0.4, 0.5) is 5.69 Å². The lowest BCUT2D eigenvalue weighted by Crippen LogP contribution is -2.43. The minimum absolute atomic E-state index is 0.382. The molecule has 1 saturated heterocycles. The first kappa shape index (κ1) is 10.5. The lowest BCUT2D eigenvalue weighted by Gasteiger charge is -2.29. The third-order valence-corrected chi connectivity index (χ3v) is 2.83. The number of aliphatic hydroxyl groups is 1. The number of rotatable bonds is 2. The van der Waals surface area contributed by atoms with Gasteiger partial charge >= 0.3 is 0 Å². The van der Waals surface area contributed by atoms with E-state index in [0.29, 0.717) is 0 Å². The molecule has 1 unspecified atom stereocenters. The van der Waals surface area contributed by atoms with Crippen LogP contribution in [0.3, 0.4) is 0 Å². The van der Waals surface area contributed by atoms with Crippen LogP contribution in [0.5, 0.6) is 0 Å². The summed E-state index contributed by atoms with van der Waals surface area (Å²) in [5.41, 5.74) is 2.21. The number of aliphatic hydroxyl groups excluding tert-OH is 1. The fraction of sp³-hybridized carbons (Fsp3) is 0.500. The summed E-state index contributed by atoms with van der Waals surface area (Å²) in [6.45, 7) is 5.97. The fourth-order valence-electron chi connectivity index (χ4n) is 1.90. The Hall–Kier alpha value is -1.06. The molecule has 2 N–H and O–H groups in total. The van der Waals surface area contributed by atoms with Gasteiger partial charge in [-0.3, -0.25) is 0 Å². The van der Waals surface area contributed by atoms with Crippen LogP contribution in [0.1, 0.15) is 18.6 Å². The average molecular weight is 206 g/mol. The van der Waals surface area contributed by atoms with Crippen LogP contribution in [-0.4, -0.2) is 31.3 Å². The minimum atomic E-state index is -0.382. The molecule has 1 aliphatic heterocycles. The summed E-state index contributed by atoms with van der Waals surface area (Å²) in [6, 6.07) is 8.17. The van der Waals surface area contributed by atoms with Crippen molar-refractivity contribution < 1.29 is 5.11 Å². The van der Waals surface area contributed by atoms with Gasteiger partial charge in [-0.1, -0.05) is 12.1 Å². The lowest BCUT2D eigenvalue weighted by molar-refractivity contribution is 0.199. The normalized spacial score (nSPS) is 18.9. The van der Waals surface area contributed by atoms with E-state index in [1.54, 1.807) is 6.92 Å². The second kappa shape index (κ2) is 4.64. The Labute approximate surface area is 90.7 Å². The van der Waals surface area contributed by atoms with Gasteiger partial charge in [0.1, 0.15) is 0 Å². The summed E-state index contributed by atoms with van der Waals surface area (Å²) in [6.07, 6.45) is -0.382. The highest BCUT2D eigenvalue weighted by atomic mass is 16.3. The molecule has 0 aromatic heterocycles. The van der Waals surface area contributed by atoms with Crippen LogP contribution >= 0.6 is 0 Å². The monoisotopic (exact) mass is 206 g/mol. The molecular formula is C12H18N2O. The van der Waals surface area contributed by atoms with Gasteiger partial charge in [0.2, 0.25) is 0 Å². The highest BCUT2D eigenvalue weighted by Crippen LogP contribution is 2.20. The Balaban J connectivity index is 2.16. The van der Waals surface area contributed by atoms with E-state index < -0.39 is 0 Å². The average Bonchev–Trinajstić information content (AvgIpc) is 2.30. The number of nitrogens with one attached hydrogen (secondary N) is 1. The fourth-order valence-corrected chi connectivity index (χ4v) is 1.90. The van der Waals surface area contributed by atoms with Gasteiger partial charge in [0.15, 0.2) is 0 Å². The molecular weight excluding hydrogens is 188 g/mol. The molecule has 1 fully saturated rings. The van der Waals surface area contributed by atoms with Gasteiger partial charge in [0.05, 0.1) is 6.10 Å². The van der Waals surface area contributed by atoms with Crippen LogP contribution < -0.4 is 10.2 Å². The van der Waals surface area contributed by atoms with Crippen molar-refractivity contribution in [2.45, 2.75) is 13.0 Å².